The highest BCUT2D eigenvalue weighted by Gasteiger charge is 2.41. The third kappa shape index (κ3) is 2.26. The van der Waals surface area contributed by atoms with E-state index >= 15 is 0 Å². The zero-order chi connectivity index (χ0) is 13.5. The second-order valence-corrected chi connectivity index (χ2v) is 5.36. The van der Waals surface area contributed by atoms with Crippen molar-refractivity contribution < 1.29 is 9.50 Å². The molecule has 0 bridgehead atoms. The molecule has 1 unspecified atom stereocenters. The molecule has 2 N–H and O–H groups in total. The SMILES string of the molecule is CC(CO)(Nc1ncnc2ccc(F)cc12)C1CC1. The van der Waals surface area contributed by atoms with Gasteiger partial charge in [-0.3, -0.25) is 0 Å². The zero-order valence-electron chi connectivity index (χ0n) is 10.7. The van der Waals surface area contributed by atoms with E-state index in [1.165, 1.54) is 18.5 Å². The van der Waals surface area contributed by atoms with Crippen LogP contribution >= 0.6 is 0 Å². The van der Waals surface area contributed by atoms with E-state index in [1.807, 2.05) is 6.92 Å². The lowest BCUT2D eigenvalue weighted by molar-refractivity contribution is 0.206. The quantitative estimate of drug-likeness (QED) is 0.887. The van der Waals surface area contributed by atoms with E-state index in [4.69, 9.17) is 0 Å². The summed E-state index contributed by atoms with van der Waals surface area (Å²) in [5.41, 5.74) is 0.281. The van der Waals surface area contributed by atoms with Crippen molar-refractivity contribution in [1.29, 1.82) is 0 Å². The molecule has 1 aliphatic carbocycles. The Morgan fingerprint density at radius 3 is 2.89 bits per heavy atom. The summed E-state index contributed by atoms with van der Waals surface area (Å²) in [6.07, 6.45) is 3.65. The molecule has 0 spiro atoms. The summed E-state index contributed by atoms with van der Waals surface area (Å²) in [5, 5.41) is 13.5. The molecule has 0 amide bonds. The second kappa shape index (κ2) is 4.42. The van der Waals surface area contributed by atoms with Crippen molar-refractivity contribution in [3.05, 3.63) is 30.3 Å². The van der Waals surface area contributed by atoms with Crippen LogP contribution in [0.1, 0.15) is 19.8 Å². The van der Waals surface area contributed by atoms with E-state index in [0.717, 1.165) is 12.8 Å². The first-order chi connectivity index (χ1) is 9.12. The Balaban J connectivity index is 2.02. The van der Waals surface area contributed by atoms with Crippen LogP contribution in [0.3, 0.4) is 0 Å². The number of aliphatic hydroxyl groups excluding tert-OH is 1. The Hall–Kier alpha value is -1.75. The molecular formula is C14H16FN3O. The van der Waals surface area contributed by atoms with Crippen LogP contribution in [0.5, 0.6) is 0 Å². The van der Waals surface area contributed by atoms with E-state index in [0.29, 0.717) is 22.6 Å². The summed E-state index contributed by atoms with van der Waals surface area (Å²) < 4.78 is 13.4. The first-order valence-electron chi connectivity index (χ1n) is 6.42. The fraction of sp³-hybridized carbons (Fsp3) is 0.429. The van der Waals surface area contributed by atoms with Crippen molar-refractivity contribution in [1.82, 2.24) is 9.97 Å². The average molecular weight is 261 g/mol. The number of nitrogens with zero attached hydrogens (tertiary/aromatic N) is 2. The van der Waals surface area contributed by atoms with E-state index in [9.17, 15) is 9.50 Å². The summed E-state index contributed by atoms with van der Waals surface area (Å²) in [4.78, 5) is 8.31. The maximum atomic E-state index is 13.4. The van der Waals surface area contributed by atoms with Gasteiger partial charge in [0.25, 0.3) is 0 Å². The first kappa shape index (κ1) is 12.3. The number of aromatic nitrogens is 2. The third-order valence-corrected chi connectivity index (χ3v) is 3.81. The van der Waals surface area contributed by atoms with Crippen molar-refractivity contribution in [2.24, 2.45) is 5.92 Å². The van der Waals surface area contributed by atoms with Gasteiger partial charge in [-0.25, -0.2) is 14.4 Å². The minimum Gasteiger partial charge on any atom is -0.394 e. The van der Waals surface area contributed by atoms with Crippen molar-refractivity contribution in [3.8, 4) is 0 Å². The van der Waals surface area contributed by atoms with Gasteiger partial charge < -0.3 is 10.4 Å². The van der Waals surface area contributed by atoms with Gasteiger partial charge in [0.05, 0.1) is 17.7 Å². The van der Waals surface area contributed by atoms with E-state index in [-0.39, 0.29) is 12.4 Å². The third-order valence-electron chi connectivity index (χ3n) is 3.81. The number of hydrogen-bond acceptors (Lipinski definition) is 4. The van der Waals surface area contributed by atoms with Gasteiger partial charge in [-0.05, 0) is 43.9 Å². The summed E-state index contributed by atoms with van der Waals surface area (Å²) in [6.45, 7) is 2.00. The Labute approximate surface area is 110 Å². The lowest BCUT2D eigenvalue weighted by atomic mass is 9.97. The molecule has 100 valence electrons. The van der Waals surface area contributed by atoms with E-state index < -0.39 is 5.54 Å². The topological polar surface area (TPSA) is 58.0 Å². The highest BCUT2D eigenvalue weighted by Crippen LogP contribution is 2.41. The maximum absolute atomic E-state index is 13.4. The Morgan fingerprint density at radius 2 is 2.21 bits per heavy atom. The molecule has 3 rings (SSSR count). The number of benzene rings is 1. The molecule has 0 saturated heterocycles. The molecule has 0 aliphatic heterocycles. The van der Waals surface area contributed by atoms with Gasteiger partial charge in [0.1, 0.15) is 18.0 Å². The number of hydrogen-bond donors (Lipinski definition) is 2. The second-order valence-electron chi connectivity index (χ2n) is 5.36. The zero-order valence-corrected chi connectivity index (χ0v) is 10.7. The van der Waals surface area contributed by atoms with Crippen molar-refractivity contribution in [2.75, 3.05) is 11.9 Å². The van der Waals surface area contributed by atoms with Crippen LogP contribution in [-0.2, 0) is 0 Å². The average Bonchev–Trinajstić information content (AvgIpc) is 3.24. The van der Waals surface area contributed by atoms with E-state index in [2.05, 4.69) is 15.3 Å². The molecular weight excluding hydrogens is 245 g/mol. The minimum atomic E-state index is -0.409. The molecule has 19 heavy (non-hydrogen) atoms. The van der Waals surface area contributed by atoms with Crippen LogP contribution in [-0.4, -0.2) is 27.2 Å². The van der Waals surface area contributed by atoms with Crippen LogP contribution in [0, 0.1) is 11.7 Å². The molecule has 1 fully saturated rings. The van der Waals surface area contributed by atoms with Crippen molar-refractivity contribution in [3.63, 3.8) is 0 Å². The molecule has 0 radical (unpaired) electrons. The summed E-state index contributed by atoms with van der Waals surface area (Å²) >= 11 is 0. The number of fused-ring (bicyclic) bond motifs is 1. The molecule has 1 heterocycles. The van der Waals surface area contributed by atoms with Gasteiger partial charge in [-0.15, -0.1) is 0 Å². The number of halogens is 1. The number of nitrogens with one attached hydrogen (secondary N) is 1. The lowest BCUT2D eigenvalue weighted by Gasteiger charge is -2.29. The Kier molecular flexibility index (Phi) is 2.86. The van der Waals surface area contributed by atoms with Crippen LogP contribution in [0.25, 0.3) is 10.9 Å². The smallest absolute Gasteiger partial charge is 0.137 e. The van der Waals surface area contributed by atoms with Crippen molar-refractivity contribution >= 4 is 16.7 Å². The monoisotopic (exact) mass is 261 g/mol. The van der Waals surface area contributed by atoms with Gasteiger partial charge in [0.2, 0.25) is 0 Å². The largest absolute Gasteiger partial charge is 0.394 e. The van der Waals surface area contributed by atoms with Gasteiger partial charge in [-0.1, -0.05) is 0 Å². The van der Waals surface area contributed by atoms with Gasteiger partial charge in [0.15, 0.2) is 0 Å². The summed E-state index contributed by atoms with van der Waals surface area (Å²) in [7, 11) is 0. The predicted octanol–water partition coefficient (Wildman–Crippen LogP) is 2.34. The molecule has 1 atom stereocenters. The van der Waals surface area contributed by atoms with Crippen LogP contribution < -0.4 is 5.32 Å². The fourth-order valence-corrected chi connectivity index (χ4v) is 2.39. The van der Waals surface area contributed by atoms with Gasteiger partial charge >= 0.3 is 0 Å². The van der Waals surface area contributed by atoms with Crippen LogP contribution in [0.15, 0.2) is 24.5 Å². The van der Waals surface area contributed by atoms with Crippen LogP contribution in [0.2, 0.25) is 0 Å². The molecule has 1 aromatic carbocycles. The van der Waals surface area contributed by atoms with Gasteiger partial charge in [0, 0.05) is 5.39 Å². The van der Waals surface area contributed by atoms with Gasteiger partial charge in [-0.2, -0.15) is 0 Å². The van der Waals surface area contributed by atoms with Crippen LogP contribution in [0.4, 0.5) is 10.2 Å². The molecule has 5 heteroatoms. The normalized spacial score (nSPS) is 18.3. The number of rotatable bonds is 4. The predicted molar refractivity (Wildman–Crippen MR) is 71.3 cm³/mol. The Bertz CT molecular complexity index is 615. The highest BCUT2D eigenvalue weighted by atomic mass is 19.1. The van der Waals surface area contributed by atoms with Crippen molar-refractivity contribution in [2.45, 2.75) is 25.3 Å². The minimum absolute atomic E-state index is 0.0263. The highest BCUT2D eigenvalue weighted by molar-refractivity contribution is 5.89. The lowest BCUT2D eigenvalue weighted by Crippen LogP contribution is -2.41. The molecule has 1 saturated carbocycles. The Morgan fingerprint density at radius 1 is 1.42 bits per heavy atom. The fourth-order valence-electron chi connectivity index (χ4n) is 2.39. The van der Waals surface area contributed by atoms with E-state index in [1.54, 1.807) is 6.07 Å². The molecule has 2 aromatic rings. The number of aliphatic hydroxyl groups is 1. The standard InChI is InChI=1S/C14H16FN3O/c1-14(7-19,9-2-3-9)18-13-11-6-10(15)4-5-12(11)16-8-17-13/h4-6,8-9,19H,2-3,7H2,1H3,(H,16,17,18). The first-order valence-corrected chi connectivity index (χ1v) is 6.42. The number of anilines is 1. The summed E-state index contributed by atoms with van der Waals surface area (Å²) in [6, 6.07) is 4.43. The maximum Gasteiger partial charge on any atom is 0.137 e. The summed E-state index contributed by atoms with van der Waals surface area (Å²) in [5.74, 6) is 0.700. The molecule has 1 aromatic heterocycles. The molecule has 4 nitrogen and oxygen atoms in total. The molecule has 1 aliphatic rings.